The molecule has 0 bridgehead atoms. The van der Waals surface area contributed by atoms with Gasteiger partial charge in [-0.3, -0.25) is 4.40 Å². The molecule has 0 saturated carbocycles. The molecule has 20 heavy (non-hydrogen) atoms. The van der Waals surface area contributed by atoms with Gasteiger partial charge >= 0.3 is 6.18 Å². The highest BCUT2D eigenvalue weighted by Gasteiger charge is 2.32. The van der Waals surface area contributed by atoms with E-state index in [1.807, 2.05) is 31.2 Å². The summed E-state index contributed by atoms with van der Waals surface area (Å²) in [4.78, 5) is 7.48. The van der Waals surface area contributed by atoms with Gasteiger partial charge in [0.05, 0.1) is 11.9 Å². The molecule has 102 valence electrons. The summed E-state index contributed by atoms with van der Waals surface area (Å²) in [6, 6.07) is 8.62. The Bertz CT molecular complexity index is 757. The average Bonchev–Trinajstić information content (AvgIpc) is 2.81. The number of imidazole rings is 1. The van der Waals surface area contributed by atoms with Crippen LogP contribution in [0.3, 0.4) is 0 Å². The Labute approximate surface area is 112 Å². The molecule has 0 aliphatic carbocycles. The van der Waals surface area contributed by atoms with Crippen LogP contribution in [0.4, 0.5) is 13.2 Å². The van der Waals surface area contributed by atoms with Crippen molar-refractivity contribution >= 4 is 5.78 Å². The number of halogens is 3. The number of benzene rings is 1. The molecular weight excluding hydrogens is 267 g/mol. The van der Waals surface area contributed by atoms with Crippen molar-refractivity contribution in [1.29, 1.82) is 0 Å². The number of aryl methyl sites for hydroxylation is 1. The third-order valence-electron chi connectivity index (χ3n) is 3.02. The summed E-state index contributed by atoms with van der Waals surface area (Å²) in [7, 11) is 0. The third kappa shape index (κ3) is 2.13. The predicted octanol–water partition coefficient (Wildman–Crippen LogP) is 3.72. The zero-order chi connectivity index (χ0) is 14.3. The molecule has 3 rings (SSSR count). The predicted molar refractivity (Wildman–Crippen MR) is 68.2 cm³/mol. The first-order valence-corrected chi connectivity index (χ1v) is 5.93. The van der Waals surface area contributed by atoms with E-state index in [0.29, 0.717) is 5.69 Å². The lowest BCUT2D eigenvalue weighted by Crippen LogP contribution is -2.09. The fourth-order valence-electron chi connectivity index (χ4n) is 1.97. The number of hydrogen-bond acceptors (Lipinski definition) is 2. The van der Waals surface area contributed by atoms with Crippen LogP contribution < -0.4 is 0 Å². The quantitative estimate of drug-likeness (QED) is 0.678. The van der Waals surface area contributed by atoms with Crippen molar-refractivity contribution in [2.24, 2.45) is 0 Å². The minimum atomic E-state index is -4.46. The molecule has 0 spiro atoms. The first-order valence-electron chi connectivity index (χ1n) is 5.93. The summed E-state index contributed by atoms with van der Waals surface area (Å²) in [6.07, 6.45) is -1.60. The molecule has 0 unspecified atom stereocenters. The summed E-state index contributed by atoms with van der Waals surface area (Å²) in [5.41, 5.74) is 1.76. The number of alkyl halides is 3. The Balaban J connectivity index is 2.13. The minimum absolute atomic E-state index is 0.0374. The van der Waals surface area contributed by atoms with E-state index in [0.717, 1.165) is 17.2 Å². The second kappa shape index (κ2) is 4.33. The molecule has 0 atom stereocenters. The van der Waals surface area contributed by atoms with Gasteiger partial charge in [-0.05, 0) is 13.0 Å². The van der Waals surface area contributed by atoms with Crippen molar-refractivity contribution < 1.29 is 13.2 Å². The molecule has 0 aliphatic rings. The third-order valence-corrected chi connectivity index (χ3v) is 3.02. The van der Waals surface area contributed by atoms with E-state index in [-0.39, 0.29) is 5.78 Å². The summed E-state index contributed by atoms with van der Waals surface area (Å²) in [6.45, 7) is 1.97. The molecule has 1 aromatic carbocycles. The summed E-state index contributed by atoms with van der Waals surface area (Å²) in [5, 5.41) is 0. The number of hydrogen-bond donors (Lipinski definition) is 0. The Morgan fingerprint density at radius 3 is 2.40 bits per heavy atom. The maximum Gasteiger partial charge on any atom is 0.433 e. The van der Waals surface area contributed by atoms with Crippen molar-refractivity contribution in [3.63, 3.8) is 0 Å². The molecule has 0 fully saturated rings. The zero-order valence-corrected chi connectivity index (χ0v) is 10.5. The maximum atomic E-state index is 12.6. The van der Waals surface area contributed by atoms with E-state index in [2.05, 4.69) is 9.97 Å². The second-order valence-corrected chi connectivity index (χ2v) is 4.49. The lowest BCUT2D eigenvalue weighted by molar-refractivity contribution is -0.141. The van der Waals surface area contributed by atoms with Crippen LogP contribution in [-0.4, -0.2) is 14.4 Å². The smallest absolute Gasteiger partial charge is 0.284 e. The van der Waals surface area contributed by atoms with Crippen molar-refractivity contribution in [2.45, 2.75) is 13.1 Å². The molecule has 0 aliphatic heterocycles. The highest BCUT2D eigenvalue weighted by molar-refractivity contribution is 5.62. The summed E-state index contributed by atoms with van der Waals surface area (Å²) in [5.74, 6) is 0.0374. The van der Waals surface area contributed by atoms with Gasteiger partial charge in [0.2, 0.25) is 5.78 Å². The highest BCUT2D eigenvalue weighted by atomic mass is 19.4. The fraction of sp³-hybridized carbons (Fsp3) is 0.143. The SMILES string of the molecule is Cc1ccc(-c2cnc3nc(C(F)(F)F)ccn23)cc1. The van der Waals surface area contributed by atoms with E-state index in [9.17, 15) is 13.2 Å². The van der Waals surface area contributed by atoms with Gasteiger partial charge in [0.15, 0.2) is 0 Å². The largest absolute Gasteiger partial charge is 0.433 e. The molecule has 0 N–H and O–H groups in total. The lowest BCUT2D eigenvalue weighted by atomic mass is 10.1. The van der Waals surface area contributed by atoms with Gasteiger partial charge in [-0.1, -0.05) is 29.8 Å². The Morgan fingerprint density at radius 1 is 1.05 bits per heavy atom. The van der Waals surface area contributed by atoms with Gasteiger partial charge in [-0.15, -0.1) is 0 Å². The van der Waals surface area contributed by atoms with Crippen molar-refractivity contribution in [3.8, 4) is 11.3 Å². The van der Waals surface area contributed by atoms with Crippen LogP contribution in [0, 0.1) is 6.92 Å². The number of fused-ring (bicyclic) bond motifs is 1. The first kappa shape index (κ1) is 12.7. The molecule has 2 aromatic heterocycles. The molecule has 0 amide bonds. The lowest BCUT2D eigenvalue weighted by Gasteiger charge is -2.06. The maximum absolute atomic E-state index is 12.6. The van der Waals surface area contributed by atoms with Gasteiger partial charge in [-0.2, -0.15) is 13.2 Å². The minimum Gasteiger partial charge on any atom is -0.284 e. The highest BCUT2D eigenvalue weighted by Crippen LogP contribution is 2.28. The van der Waals surface area contributed by atoms with Gasteiger partial charge in [0, 0.05) is 11.8 Å². The number of rotatable bonds is 1. The second-order valence-electron chi connectivity index (χ2n) is 4.49. The fourth-order valence-corrected chi connectivity index (χ4v) is 1.97. The summed E-state index contributed by atoms with van der Waals surface area (Å²) < 4.78 is 39.3. The van der Waals surface area contributed by atoms with Crippen molar-refractivity contribution in [1.82, 2.24) is 14.4 Å². The van der Waals surface area contributed by atoms with Crippen molar-refractivity contribution in [2.75, 3.05) is 0 Å². The van der Waals surface area contributed by atoms with Crippen LogP contribution in [0.5, 0.6) is 0 Å². The molecule has 3 aromatic rings. The van der Waals surface area contributed by atoms with Crippen LogP contribution in [0.2, 0.25) is 0 Å². The van der Waals surface area contributed by atoms with E-state index < -0.39 is 11.9 Å². The standard InChI is InChI=1S/C14H10F3N3/c1-9-2-4-10(5-3-9)11-8-18-13-19-12(14(15,16)17)6-7-20(11)13/h2-8H,1H3. The topological polar surface area (TPSA) is 30.2 Å². The van der Waals surface area contributed by atoms with Crippen LogP contribution in [0.25, 0.3) is 17.0 Å². The molecular formula is C14H10F3N3. The summed E-state index contributed by atoms with van der Waals surface area (Å²) >= 11 is 0. The van der Waals surface area contributed by atoms with E-state index in [1.165, 1.54) is 12.4 Å². The Hall–Kier alpha value is -2.37. The number of nitrogens with zero attached hydrogens (tertiary/aromatic N) is 3. The van der Waals surface area contributed by atoms with E-state index in [4.69, 9.17) is 0 Å². The van der Waals surface area contributed by atoms with Crippen molar-refractivity contribution in [3.05, 3.63) is 54.0 Å². The van der Waals surface area contributed by atoms with Gasteiger partial charge < -0.3 is 0 Å². The molecule has 6 heteroatoms. The van der Waals surface area contributed by atoms with Crippen LogP contribution >= 0.6 is 0 Å². The molecule has 3 nitrogen and oxygen atoms in total. The first-order chi connectivity index (χ1) is 9.45. The van der Waals surface area contributed by atoms with E-state index in [1.54, 1.807) is 4.40 Å². The normalized spacial score (nSPS) is 12.0. The monoisotopic (exact) mass is 277 g/mol. The molecule has 2 heterocycles. The van der Waals surface area contributed by atoms with Gasteiger partial charge in [0.25, 0.3) is 0 Å². The Kier molecular flexibility index (Phi) is 2.74. The molecule has 0 saturated heterocycles. The van der Waals surface area contributed by atoms with Crippen LogP contribution in [-0.2, 0) is 6.18 Å². The van der Waals surface area contributed by atoms with Crippen LogP contribution in [0.15, 0.2) is 42.7 Å². The zero-order valence-electron chi connectivity index (χ0n) is 10.5. The van der Waals surface area contributed by atoms with Crippen LogP contribution in [0.1, 0.15) is 11.3 Å². The number of aromatic nitrogens is 3. The average molecular weight is 277 g/mol. The van der Waals surface area contributed by atoms with Gasteiger partial charge in [0.1, 0.15) is 5.69 Å². The van der Waals surface area contributed by atoms with Gasteiger partial charge in [-0.25, -0.2) is 9.97 Å². The molecule has 0 radical (unpaired) electrons. The van der Waals surface area contributed by atoms with E-state index >= 15 is 0 Å². The Morgan fingerprint density at radius 2 is 1.75 bits per heavy atom.